The summed E-state index contributed by atoms with van der Waals surface area (Å²) < 4.78 is 11.0. The van der Waals surface area contributed by atoms with Gasteiger partial charge in [0.15, 0.2) is 5.78 Å². The van der Waals surface area contributed by atoms with E-state index in [1.807, 2.05) is 39.0 Å². The topological polar surface area (TPSA) is 52.3 Å². The zero-order valence-electron chi connectivity index (χ0n) is 13.0. The molecule has 0 bridgehead atoms. The molecule has 0 aliphatic carbocycles. The zero-order valence-corrected chi connectivity index (χ0v) is 13.0. The van der Waals surface area contributed by atoms with Crippen molar-refractivity contribution in [3.8, 4) is 5.75 Å². The predicted molar refractivity (Wildman–Crippen MR) is 81.0 cm³/mol. The Hall–Kier alpha value is -2.10. The van der Waals surface area contributed by atoms with Gasteiger partial charge in [-0.15, -0.1) is 0 Å². The van der Waals surface area contributed by atoms with E-state index in [4.69, 9.17) is 9.26 Å². The number of hydrogen-bond donors (Lipinski definition) is 0. The molecule has 2 rings (SSSR count). The number of benzene rings is 1. The van der Waals surface area contributed by atoms with Crippen molar-refractivity contribution in [3.63, 3.8) is 0 Å². The molecule has 1 aromatic carbocycles. The highest BCUT2D eigenvalue weighted by Gasteiger charge is 2.09. The van der Waals surface area contributed by atoms with Crippen molar-refractivity contribution in [2.75, 3.05) is 6.61 Å². The molecule has 0 fully saturated rings. The van der Waals surface area contributed by atoms with Crippen LogP contribution in [-0.4, -0.2) is 17.5 Å². The molecule has 0 aliphatic heterocycles. The number of carbonyl (C=O) groups excluding carboxylic acids is 1. The molecule has 4 nitrogen and oxygen atoms in total. The molecule has 0 N–H and O–H groups in total. The second-order valence-electron chi connectivity index (χ2n) is 5.38. The number of hydrogen-bond acceptors (Lipinski definition) is 4. The first-order valence-electron chi connectivity index (χ1n) is 7.14. The van der Waals surface area contributed by atoms with Gasteiger partial charge in [0.05, 0.1) is 12.3 Å². The molecular formula is C17H21NO3. The van der Waals surface area contributed by atoms with Gasteiger partial charge in [-0.1, -0.05) is 5.16 Å². The van der Waals surface area contributed by atoms with Crippen molar-refractivity contribution in [2.45, 2.75) is 40.5 Å². The molecule has 0 unspecified atom stereocenters. The van der Waals surface area contributed by atoms with Crippen molar-refractivity contribution in [2.24, 2.45) is 0 Å². The minimum atomic E-state index is 0.0773. The molecule has 0 atom stereocenters. The highest BCUT2D eigenvalue weighted by molar-refractivity contribution is 5.94. The Morgan fingerprint density at radius 1 is 1.19 bits per heavy atom. The van der Waals surface area contributed by atoms with Gasteiger partial charge < -0.3 is 9.26 Å². The van der Waals surface area contributed by atoms with E-state index in [2.05, 4.69) is 5.16 Å². The lowest BCUT2D eigenvalue weighted by Crippen LogP contribution is -2.04. The molecule has 0 saturated carbocycles. The quantitative estimate of drug-likeness (QED) is 0.599. The van der Waals surface area contributed by atoms with Gasteiger partial charge in [-0.05, 0) is 57.4 Å². The number of rotatable bonds is 6. The molecule has 1 aromatic heterocycles. The predicted octanol–water partition coefficient (Wildman–Crippen LogP) is 3.81. The fraction of sp³-hybridized carbons (Fsp3) is 0.412. The van der Waals surface area contributed by atoms with Crippen LogP contribution in [0.3, 0.4) is 0 Å². The molecule has 112 valence electrons. The Kier molecular flexibility index (Phi) is 4.78. The Labute approximate surface area is 125 Å². The first-order valence-corrected chi connectivity index (χ1v) is 7.14. The van der Waals surface area contributed by atoms with Gasteiger partial charge in [0.1, 0.15) is 11.5 Å². The van der Waals surface area contributed by atoms with Gasteiger partial charge in [-0.3, -0.25) is 4.79 Å². The number of nitrogens with zero attached hydrogens (tertiary/aromatic N) is 1. The molecule has 0 spiro atoms. The molecule has 0 aliphatic rings. The maximum atomic E-state index is 11.4. The van der Waals surface area contributed by atoms with Crippen LogP contribution in [0, 0.1) is 20.8 Å². The second-order valence-corrected chi connectivity index (χ2v) is 5.38. The van der Waals surface area contributed by atoms with Crippen molar-refractivity contribution in [1.82, 2.24) is 5.16 Å². The molecular weight excluding hydrogens is 266 g/mol. The average Bonchev–Trinajstić information content (AvgIpc) is 2.82. The third-order valence-corrected chi connectivity index (χ3v) is 3.36. The van der Waals surface area contributed by atoms with Crippen LogP contribution in [0.5, 0.6) is 5.75 Å². The van der Waals surface area contributed by atoms with E-state index in [9.17, 15) is 4.79 Å². The summed E-state index contributed by atoms with van der Waals surface area (Å²) in [5, 5.41) is 3.86. The van der Waals surface area contributed by atoms with Crippen LogP contribution >= 0.6 is 0 Å². The van der Waals surface area contributed by atoms with E-state index in [0.717, 1.165) is 46.7 Å². The first-order chi connectivity index (χ1) is 9.97. The lowest BCUT2D eigenvalue weighted by atomic mass is 10.0. The summed E-state index contributed by atoms with van der Waals surface area (Å²) in [6.45, 7) is 8.03. The summed E-state index contributed by atoms with van der Waals surface area (Å²) in [6, 6.07) is 5.70. The third kappa shape index (κ3) is 3.94. The van der Waals surface area contributed by atoms with Crippen LogP contribution in [-0.2, 0) is 6.42 Å². The van der Waals surface area contributed by atoms with E-state index in [0.29, 0.717) is 6.61 Å². The van der Waals surface area contributed by atoms with Crippen molar-refractivity contribution >= 4 is 5.78 Å². The van der Waals surface area contributed by atoms with Crippen molar-refractivity contribution < 1.29 is 14.1 Å². The van der Waals surface area contributed by atoms with Crippen LogP contribution in [0.4, 0.5) is 0 Å². The molecule has 4 heteroatoms. The minimum Gasteiger partial charge on any atom is -0.493 e. The van der Waals surface area contributed by atoms with Gasteiger partial charge in [-0.25, -0.2) is 0 Å². The van der Waals surface area contributed by atoms with E-state index < -0.39 is 0 Å². The lowest BCUT2D eigenvalue weighted by Gasteiger charge is -2.13. The number of aryl methyl sites for hydroxylation is 4. The number of Topliss-reactive ketones (excluding diaryl/α,β-unsaturated/α-hetero) is 1. The summed E-state index contributed by atoms with van der Waals surface area (Å²) in [4.78, 5) is 11.4. The number of ketones is 1. The fourth-order valence-electron chi connectivity index (χ4n) is 2.34. The normalized spacial score (nSPS) is 10.7. The second kappa shape index (κ2) is 6.57. The van der Waals surface area contributed by atoms with E-state index in [1.54, 1.807) is 6.92 Å². The SMILES string of the molecule is CC(=O)c1cc(C)c(OCCCc2cc(C)no2)c(C)c1. The molecule has 2 aromatic rings. The van der Waals surface area contributed by atoms with Gasteiger partial charge >= 0.3 is 0 Å². The highest BCUT2D eigenvalue weighted by atomic mass is 16.5. The van der Waals surface area contributed by atoms with Crippen LogP contribution in [0.1, 0.15) is 46.3 Å². The van der Waals surface area contributed by atoms with Gasteiger partial charge in [0.2, 0.25) is 0 Å². The Morgan fingerprint density at radius 3 is 2.38 bits per heavy atom. The number of aromatic nitrogens is 1. The molecule has 0 amide bonds. The zero-order chi connectivity index (χ0) is 15.4. The van der Waals surface area contributed by atoms with Gasteiger partial charge in [0, 0.05) is 18.1 Å². The largest absolute Gasteiger partial charge is 0.493 e. The smallest absolute Gasteiger partial charge is 0.159 e. The monoisotopic (exact) mass is 287 g/mol. The maximum Gasteiger partial charge on any atom is 0.159 e. The number of ether oxygens (including phenoxy) is 1. The first kappa shape index (κ1) is 15.3. The molecule has 0 radical (unpaired) electrons. The average molecular weight is 287 g/mol. The molecule has 1 heterocycles. The summed E-state index contributed by atoms with van der Waals surface area (Å²) in [5.41, 5.74) is 3.62. The van der Waals surface area contributed by atoms with Gasteiger partial charge in [-0.2, -0.15) is 0 Å². The van der Waals surface area contributed by atoms with Crippen LogP contribution in [0.15, 0.2) is 22.7 Å². The van der Waals surface area contributed by atoms with E-state index in [-0.39, 0.29) is 5.78 Å². The maximum absolute atomic E-state index is 11.4. The summed E-state index contributed by atoms with van der Waals surface area (Å²) in [5.74, 6) is 1.83. The minimum absolute atomic E-state index is 0.0773. The summed E-state index contributed by atoms with van der Waals surface area (Å²) in [7, 11) is 0. The Bertz CT molecular complexity index is 620. The summed E-state index contributed by atoms with van der Waals surface area (Å²) >= 11 is 0. The third-order valence-electron chi connectivity index (χ3n) is 3.36. The summed E-state index contributed by atoms with van der Waals surface area (Å²) in [6.07, 6.45) is 1.67. The van der Waals surface area contributed by atoms with E-state index >= 15 is 0 Å². The highest BCUT2D eigenvalue weighted by Crippen LogP contribution is 2.25. The van der Waals surface area contributed by atoms with Crippen LogP contribution < -0.4 is 4.74 Å². The fourth-order valence-corrected chi connectivity index (χ4v) is 2.34. The van der Waals surface area contributed by atoms with Crippen molar-refractivity contribution in [1.29, 1.82) is 0 Å². The standard InChI is InChI=1S/C17H21NO3/c1-11-8-15(14(4)19)9-12(2)17(11)20-7-5-6-16-10-13(3)18-21-16/h8-10H,5-7H2,1-4H3. The van der Waals surface area contributed by atoms with E-state index in [1.165, 1.54) is 0 Å². The van der Waals surface area contributed by atoms with Crippen LogP contribution in [0.25, 0.3) is 0 Å². The Morgan fingerprint density at radius 2 is 1.86 bits per heavy atom. The number of carbonyl (C=O) groups is 1. The lowest BCUT2D eigenvalue weighted by molar-refractivity contribution is 0.101. The Balaban J connectivity index is 1.92. The molecule has 21 heavy (non-hydrogen) atoms. The van der Waals surface area contributed by atoms with Gasteiger partial charge in [0.25, 0.3) is 0 Å². The molecule has 0 saturated heterocycles. The van der Waals surface area contributed by atoms with Crippen molar-refractivity contribution in [3.05, 3.63) is 46.3 Å². The van der Waals surface area contributed by atoms with Crippen LogP contribution in [0.2, 0.25) is 0 Å².